The van der Waals surface area contributed by atoms with Gasteiger partial charge in [0.25, 0.3) is 11.8 Å². The monoisotopic (exact) mass is 673 g/mol. The zero-order valence-corrected chi connectivity index (χ0v) is 28.0. The van der Waals surface area contributed by atoms with Gasteiger partial charge in [0, 0.05) is 68.2 Å². The Morgan fingerprint density at radius 1 is 0.880 bits per heavy atom. The number of benzene rings is 2. The van der Waals surface area contributed by atoms with Crippen LogP contribution in [0.15, 0.2) is 48.8 Å². The third-order valence-corrected chi connectivity index (χ3v) is 11.0. The van der Waals surface area contributed by atoms with Crippen molar-refractivity contribution in [1.29, 1.82) is 0 Å². The van der Waals surface area contributed by atoms with Crippen molar-refractivity contribution >= 4 is 46.0 Å². The highest BCUT2D eigenvalue weighted by atomic mass is 16.2. The van der Waals surface area contributed by atoms with E-state index in [1.54, 1.807) is 18.2 Å². The topological polar surface area (TPSA) is 146 Å². The molecule has 13 heteroatoms. The summed E-state index contributed by atoms with van der Waals surface area (Å²) in [4.78, 5) is 65.9. The molecule has 2 aliphatic carbocycles. The Labute approximate surface area is 289 Å². The van der Waals surface area contributed by atoms with Crippen LogP contribution in [0, 0.1) is 5.92 Å². The van der Waals surface area contributed by atoms with Gasteiger partial charge in [-0.05, 0) is 81.5 Å². The third kappa shape index (κ3) is 5.49. The Bertz CT molecular complexity index is 2060. The van der Waals surface area contributed by atoms with Crippen molar-refractivity contribution in [3.05, 3.63) is 65.6 Å². The van der Waals surface area contributed by atoms with E-state index < -0.39 is 29.7 Å². The van der Waals surface area contributed by atoms with Crippen molar-refractivity contribution in [1.82, 2.24) is 34.9 Å². The van der Waals surface area contributed by atoms with E-state index in [-0.39, 0.29) is 24.0 Å². The van der Waals surface area contributed by atoms with E-state index in [1.165, 1.54) is 5.69 Å². The first-order valence-electron chi connectivity index (χ1n) is 17.7. The maximum Gasteiger partial charge on any atom is 0.262 e. The first-order valence-corrected chi connectivity index (χ1v) is 17.7. The molecule has 9 rings (SSSR count). The normalized spacial score (nSPS) is 24.1. The van der Waals surface area contributed by atoms with Gasteiger partial charge in [0.2, 0.25) is 11.8 Å². The number of nitrogens with one attached hydrogen (secondary N) is 2. The van der Waals surface area contributed by atoms with Crippen LogP contribution in [0.1, 0.15) is 76.9 Å². The number of carbonyl (C=O) groups excluding carboxylic acids is 4. The molecule has 5 heterocycles. The number of amides is 4. The third-order valence-electron chi connectivity index (χ3n) is 11.0. The van der Waals surface area contributed by atoms with Crippen molar-refractivity contribution in [2.24, 2.45) is 5.92 Å². The SMILES string of the molecule is CN1CCN(c2ccc3ncc(-c4cn(C5CC(CNc6ccc7c(c6)C(=O)N(C6CCC(=O)NC6=O)C7=O)C5)nc4C4CC4)nc3c2)CC1. The summed E-state index contributed by atoms with van der Waals surface area (Å²) in [7, 11) is 2.17. The van der Waals surface area contributed by atoms with Crippen LogP contribution in [-0.2, 0) is 9.59 Å². The number of piperazine rings is 1. The molecule has 0 radical (unpaired) electrons. The number of imide groups is 2. The first kappa shape index (κ1) is 30.9. The van der Waals surface area contributed by atoms with Gasteiger partial charge in [0.05, 0.1) is 45.8 Å². The van der Waals surface area contributed by atoms with Crippen LogP contribution < -0.4 is 15.5 Å². The highest BCUT2D eigenvalue weighted by Gasteiger charge is 2.45. The summed E-state index contributed by atoms with van der Waals surface area (Å²) in [5.41, 5.74) is 7.38. The lowest BCUT2D eigenvalue weighted by molar-refractivity contribution is -0.136. The van der Waals surface area contributed by atoms with Crippen LogP contribution in [0.5, 0.6) is 0 Å². The number of fused-ring (bicyclic) bond motifs is 2. The highest BCUT2D eigenvalue weighted by Crippen LogP contribution is 2.46. The number of aromatic nitrogens is 4. The summed E-state index contributed by atoms with van der Waals surface area (Å²) >= 11 is 0. The number of nitrogens with zero attached hydrogens (tertiary/aromatic N) is 7. The smallest absolute Gasteiger partial charge is 0.262 e. The summed E-state index contributed by atoms with van der Waals surface area (Å²) in [5.74, 6) is -1.10. The molecular weight excluding hydrogens is 634 g/mol. The van der Waals surface area contributed by atoms with E-state index in [2.05, 4.69) is 56.6 Å². The molecule has 50 heavy (non-hydrogen) atoms. The summed E-state index contributed by atoms with van der Waals surface area (Å²) in [6.45, 7) is 4.84. The zero-order valence-electron chi connectivity index (χ0n) is 28.0. The molecule has 4 fully saturated rings. The lowest BCUT2D eigenvalue weighted by Gasteiger charge is -2.35. The van der Waals surface area contributed by atoms with Gasteiger partial charge in [-0.2, -0.15) is 5.10 Å². The minimum Gasteiger partial charge on any atom is -0.385 e. The van der Waals surface area contributed by atoms with Crippen molar-refractivity contribution in [3.63, 3.8) is 0 Å². The second-order valence-corrected chi connectivity index (χ2v) is 14.5. The van der Waals surface area contributed by atoms with Crippen LogP contribution in [0.4, 0.5) is 11.4 Å². The Hall–Kier alpha value is -5.17. The van der Waals surface area contributed by atoms with Gasteiger partial charge in [-0.1, -0.05) is 0 Å². The quantitative estimate of drug-likeness (QED) is 0.266. The minimum atomic E-state index is -0.972. The molecule has 1 atom stereocenters. The van der Waals surface area contributed by atoms with Gasteiger partial charge >= 0.3 is 0 Å². The number of anilines is 2. The summed E-state index contributed by atoms with van der Waals surface area (Å²) in [6.07, 6.45) is 8.53. The molecule has 1 unspecified atom stereocenters. The molecule has 3 aliphatic heterocycles. The standard InChI is InChI=1S/C37H39N9O4/c1-43-10-12-44(13-11-43)24-5-7-29-30(17-24)40-31(19-39-29)28-20-45(42-34(28)22-2-3-22)25-14-21(15-25)18-38-23-4-6-26-27(16-23)37(50)46(36(26)49)32-8-9-33(47)41-35(32)48/h4-7,16-17,19-22,25,32,38H,2-3,8-15,18H2,1H3,(H,41,47,48). The molecular formula is C37H39N9O4. The average molecular weight is 674 g/mol. The second kappa shape index (κ2) is 12.0. The molecule has 2 saturated carbocycles. The minimum absolute atomic E-state index is 0.0937. The number of likely N-dealkylation sites (N-methyl/N-ethyl adjacent to an activating group) is 1. The van der Waals surface area contributed by atoms with Crippen LogP contribution in [0.2, 0.25) is 0 Å². The highest BCUT2D eigenvalue weighted by molar-refractivity contribution is 6.23. The Balaban J connectivity index is 0.859. The van der Waals surface area contributed by atoms with E-state index >= 15 is 0 Å². The Morgan fingerprint density at radius 2 is 1.68 bits per heavy atom. The Morgan fingerprint density at radius 3 is 2.46 bits per heavy atom. The number of piperidine rings is 1. The molecule has 2 N–H and O–H groups in total. The Kier molecular flexibility index (Phi) is 7.41. The number of rotatable bonds is 8. The van der Waals surface area contributed by atoms with Crippen LogP contribution in [0.3, 0.4) is 0 Å². The van der Waals surface area contributed by atoms with E-state index in [0.29, 0.717) is 17.9 Å². The maximum absolute atomic E-state index is 13.2. The largest absolute Gasteiger partial charge is 0.385 e. The molecule has 0 bridgehead atoms. The lowest BCUT2D eigenvalue weighted by Crippen LogP contribution is -2.54. The maximum atomic E-state index is 13.2. The van der Waals surface area contributed by atoms with Gasteiger partial charge in [0.1, 0.15) is 6.04 Å². The molecule has 4 amide bonds. The first-order chi connectivity index (χ1) is 24.3. The summed E-state index contributed by atoms with van der Waals surface area (Å²) < 4.78 is 2.13. The molecule has 2 saturated heterocycles. The average Bonchev–Trinajstić information content (AvgIpc) is 3.81. The predicted octanol–water partition coefficient (Wildman–Crippen LogP) is 3.59. The number of carbonyl (C=O) groups is 4. The number of hydrogen-bond acceptors (Lipinski definition) is 10. The molecule has 2 aromatic heterocycles. The van der Waals surface area contributed by atoms with E-state index in [1.807, 2.05) is 6.20 Å². The molecule has 5 aliphatic rings. The number of hydrogen-bond donors (Lipinski definition) is 2. The van der Waals surface area contributed by atoms with Crippen LogP contribution in [0.25, 0.3) is 22.3 Å². The van der Waals surface area contributed by atoms with E-state index in [9.17, 15) is 19.2 Å². The van der Waals surface area contributed by atoms with E-state index in [0.717, 1.165) is 97.0 Å². The second-order valence-electron chi connectivity index (χ2n) is 14.5. The molecule has 2 aromatic carbocycles. The summed E-state index contributed by atoms with van der Waals surface area (Å²) in [6, 6.07) is 10.9. The van der Waals surface area contributed by atoms with Gasteiger partial charge in [-0.15, -0.1) is 0 Å². The molecule has 0 spiro atoms. The van der Waals surface area contributed by atoms with Crippen molar-refractivity contribution in [2.45, 2.75) is 56.5 Å². The lowest BCUT2D eigenvalue weighted by atomic mass is 9.80. The van der Waals surface area contributed by atoms with Crippen LogP contribution in [-0.4, -0.2) is 99.0 Å². The zero-order chi connectivity index (χ0) is 34.1. The summed E-state index contributed by atoms with van der Waals surface area (Å²) in [5, 5.41) is 10.8. The van der Waals surface area contributed by atoms with Gasteiger partial charge in [0.15, 0.2) is 0 Å². The predicted molar refractivity (Wildman–Crippen MR) is 186 cm³/mol. The fourth-order valence-corrected chi connectivity index (χ4v) is 7.77. The molecule has 4 aromatic rings. The van der Waals surface area contributed by atoms with Crippen LogP contribution >= 0.6 is 0 Å². The fraction of sp³-hybridized carbons (Fsp3) is 0.432. The fourth-order valence-electron chi connectivity index (χ4n) is 7.77. The van der Waals surface area contributed by atoms with Gasteiger partial charge in [-0.25, -0.2) is 4.98 Å². The van der Waals surface area contributed by atoms with Crippen molar-refractivity contribution in [2.75, 3.05) is 50.0 Å². The van der Waals surface area contributed by atoms with Gasteiger partial charge < -0.3 is 15.1 Å². The van der Waals surface area contributed by atoms with Gasteiger partial charge in [-0.3, -0.25) is 39.1 Å². The van der Waals surface area contributed by atoms with E-state index in [4.69, 9.17) is 15.1 Å². The molecule has 13 nitrogen and oxygen atoms in total. The van der Waals surface area contributed by atoms with Crippen molar-refractivity contribution in [3.8, 4) is 11.3 Å². The van der Waals surface area contributed by atoms with Crippen molar-refractivity contribution < 1.29 is 19.2 Å². The molecule has 256 valence electrons.